The summed E-state index contributed by atoms with van der Waals surface area (Å²) in [4.78, 5) is 2.49. The molecular formula is C12H25NO. The van der Waals surface area contributed by atoms with Gasteiger partial charge < -0.3 is 10.0 Å². The lowest BCUT2D eigenvalue weighted by Gasteiger charge is -2.32. The first-order valence-electron chi connectivity index (χ1n) is 5.96. The van der Waals surface area contributed by atoms with Crippen molar-refractivity contribution in [3.05, 3.63) is 0 Å². The molecule has 0 aromatic carbocycles. The van der Waals surface area contributed by atoms with Crippen LogP contribution in [0, 0.1) is 5.92 Å². The van der Waals surface area contributed by atoms with E-state index in [-0.39, 0.29) is 0 Å². The first-order chi connectivity index (χ1) is 6.51. The zero-order valence-electron chi connectivity index (χ0n) is 9.92. The number of likely N-dealkylation sites (tertiary alicyclic amines) is 1. The predicted octanol–water partition coefficient (Wildman–Crippen LogP) is 2.27. The Labute approximate surface area is 88.3 Å². The van der Waals surface area contributed by atoms with Gasteiger partial charge in [0.05, 0.1) is 5.60 Å². The number of hydrogen-bond acceptors (Lipinski definition) is 2. The summed E-state index contributed by atoms with van der Waals surface area (Å²) in [6.07, 6.45) is 4.92. The highest BCUT2D eigenvalue weighted by atomic mass is 16.3. The summed E-state index contributed by atoms with van der Waals surface area (Å²) in [5, 5.41) is 9.62. The van der Waals surface area contributed by atoms with Crippen molar-refractivity contribution in [2.24, 2.45) is 5.92 Å². The fourth-order valence-electron chi connectivity index (χ4n) is 2.05. The van der Waals surface area contributed by atoms with Gasteiger partial charge in [0.1, 0.15) is 0 Å². The van der Waals surface area contributed by atoms with Crippen molar-refractivity contribution in [2.45, 2.75) is 52.1 Å². The van der Waals surface area contributed by atoms with Crippen molar-refractivity contribution < 1.29 is 5.11 Å². The first-order valence-corrected chi connectivity index (χ1v) is 5.96. The monoisotopic (exact) mass is 199 g/mol. The van der Waals surface area contributed by atoms with Crippen molar-refractivity contribution in [2.75, 3.05) is 19.6 Å². The van der Waals surface area contributed by atoms with Crippen molar-refractivity contribution in [3.8, 4) is 0 Å². The summed E-state index contributed by atoms with van der Waals surface area (Å²) in [7, 11) is 0. The van der Waals surface area contributed by atoms with Gasteiger partial charge in [-0.2, -0.15) is 0 Å². The molecule has 0 saturated carbocycles. The minimum Gasteiger partial charge on any atom is -0.390 e. The lowest BCUT2D eigenvalue weighted by atomic mass is 9.94. The fraction of sp³-hybridized carbons (Fsp3) is 1.00. The fourth-order valence-corrected chi connectivity index (χ4v) is 2.05. The van der Waals surface area contributed by atoms with Crippen LogP contribution < -0.4 is 0 Å². The summed E-state index contributed by atoms with van der Waals surface area (Å²) < 4.78 is 0. The normalized spacial score (nSPS) is 21.4. The summed E-state index contributed by atoms with van der Waals surface area (Å²) in [5.41, 5.74) is -0.498. The molecule has 0 aliphatic carbocycles. The summed E-state index contributed by atoms with van der Waals surface area (Å²) in [6.45, 7) is 9.60. The van der Waals surface area contributed by atoms with Crippen LogP contribution in [-0.4, -0.2) is 35.2 Å². The third kappa shape index (κ3) is 4.43. The van der Waals surface area contributed by atoms with Crippen LogP contribution in [0.4, 0.5) is 0 Å². The molecule has 1 N–H and O–H groups in total. The quantitative estimate of drug-likeness (QED) is 0.751. The molecule has 1 heterocycles. The molecule has 1 aliphatic heterocycles. The van der Waals surface area contributed by atoms with E-state index >= 15 is 0 Å². The summed E-state index contributed by atoms with van der Waals surface area (Å²) >= 11 is 0. The molecule has 0 amide bonds. The molecule has 0 atom stereocenters. The SMILES string of the molecule is CCC1CCN(CCC(C)(C)O)CC1. The van der Waals surface area contributed by atoms with Gasteiger partial charge in [-0.25, -0.2) is 0 Å². The van der Waals surface area contributed by atoms with E-state index in [2.05, 4.69) is 11.8 Å². The zero-order chi connectivity index (χ0) is 10.6. The maximum absolute atomic E-state index is 9.62. The Hall–Kier alpha value is -0.0800. The largest absolute Gasteiger partial charge is 0.390 e. The van der Waals surface area contributed by atoms with Crippen molar-refractivity contribution >= 4 is 0 Å². The summed E-state index contributed by atoms with van der Waals surface area (Å²) in [6, 6.07) is 0. The average Bonchev–Trinajstić information content (AvgIpc) is 2.14. The van der Waals surface area contributed by atoms with E-state index in [1.165, 1.54) is 32.4 Å². The molecule has 0 spiro atoms. The third-order valence-electron chi connectivity index (χ3n) is 3.32. The standard InChI is InChI=1S/C12H25NO/c1-4-11-5-8-13(9-6-11)10-7-12(2,3)14/h11,14H,4-10H2,1-3H3. The van der Waals surface area contributed by atoms with Crippen LogP contribution in [0.3, 0.4) is 0 Å². The Bertz CT molecular complexity index is 154. The molecule has 14 heavy (non-hydrogen) atoms. The van der Waals surface area contributed by atoms with Crippen molar-refractivity contribution in [3.63, 3.8) is 0 Å². The molecule has 2 heteroatoms. The molecule has 1 fully saturated rings. The number of aliphatic hydroxyl groups is 1. The highest BCUT2D eigenvalue weighted by Crippen LogP contribution is 2.20. The molecule has 1 saturated heterocycles. The van der Waals surface area contributed by atoms with Gasteiger partial charge in [0.25, 0.3) is 0 Å². The van der Waals surface area contributed by atoms with Gasteiger partial charge in [-0.05, 0) is 52.1 Å². The van der Waals surface area contributed by atoms with Crippen LogP contribution in [0.25, 0.3) is 0 Å². The molecule has 1 aliphatic rings. The topological polar surface area (TPSA) is 23.5 Å². The van der Waals surface area contributed by atoms with Crippen molar-refractivity contribution in [1.82, 2.24) is 4.90 Å². The van der Waals surface area contributed by atoms with Crippen LogP contribution >= 0.6 is 0 Å². The second kappa shape index (κ2) is 5.13. The Morgan fingerprint density at radius 3 is 2.29 bits per heavy atom. The molecule has 0 aromatic heterocycles. The van der Waals surface area contributed by atoms with Gasteiger partial charge in [0.15, 0.2) is 0 Å². The maximum Gasteiger partial charge on any atom is 0.0603 e. The van der Waals surface area contributed by atoms with E-state index in [4.69, 9.17) is 0 Å². The third-order valence-corrected chi connectivity index (χ3v) is 3.32. The molecule has 84 valence electrons. The minimum atomic E-state index is -0.498. The summed E-state index contributed by atoms with van der Waals surface area (Å²) in [5.74, 6) is 0.952. The smallest absolute Gasteiger partial charge is 0.0603 e. The predicted molar refractivity (Wildman–Crippen MR) is 60.4 cm³/mol. The van der Waals surface area contributed by atoms with E-state index in [1.54, 1.807) is 0 Å². The van der Waals surface area contributed by atoms with Crippen LogP contribution in [0.5, 0.6) is 0 Å². The Morgan fingerprint density at radius 1 is 1.29 bits per heavy atom. The highest BCUT2D eigenvalue weighted by Gasteiger charge is 2.20. The Kier molecular flexibility index (Phi) is 4.39. The lowest BCUT2D eigenvalue weighted by molar-refractivity contribution is 0.0519. The van der Waals surface area contributed by atoms with E-state index < -0.39 is 5.60 Å². The van der Waals surface area contributed by atoms with Gasteiger partial charge in [-0.3, -0.25) is 0 Å². The van der Waals surface area contributed by atoms with Gasteiger partial charge in [-0.1, -0.05) is 13.3 Å². The number of rotatable bonds is 4. The van der Waals surface area contributed by atoms with Crippen molar-refractivity contribution in [1.29, 1.82) is 0 Å². The Morgan fingerprint density at radius 2 is 1.86 bits per heavy atom. The molecule has 1 rings (SSSR count). The van der Waals surface area contributed by atoms with E-state index in [0.29, 0.717) is 0 Å². The molecule has 0 aromatic rings. The van der Waals surface area contributed by atoms with Gasteiger partial charge >= 0.3 is 0 Å². The van der Waals surface area contributed by atoms with Crippen LogP contribution in [0.15, 0.2) is 0 Å². The highest BCUT2D eigenvalue weighted by molar-refractivity contribution is 4.74. The average molecular weight is 199 g/mol. The van der Waals surface area contributed by atoms with Crippen LogP contribution in [-0.2, 0) is 0 Å². The molecule has 0 radical (unpaired) electrons. The minimum absolute atomic E-state index is 0.498. The van der Waals surface area contributed by atoms with Gasteiger partial charge in [0.2, 0.25) is 0 Å². The number of piperidine rings is 1. The second-order valence-corrected chi connectivity index (χ2v) is 5.26. The maximum atomic E-state index is 9.62. The molecular weight excluding hydrogens is 174 g/mol. The number of hydrogen-bond donors (Lipinski definition) is 1. The lowest BCUT2D eigenvalue weighted by Crippen LogP contribution is -2.37. The molecule has 2 nitrogen and oxygen atoms in total. The van der Waals surface area contributed by atoms with E-state index in [9.17, 15) is 5.11 Å². The second-order valence-electron chi connectivity index (χ2n) is 5.26. The number of nitrogens with zero attached hydrogens (tertiary/aromatic N) is 1. The Balaban J connectivity index is 2.16. The van der Waals surface area contributed by atoms with E-state index in [1.807, 2.05) is 13.8 Å². The first kappa shape index (κ1) is 12.0. The molecule has 0 bridgehead atoms. The van der Waals surface area contributed by atoms with Gasteiger partial charge in [0, 0.05) is 6.54 Å². The molecule has 0 unspecified atom stereocenters. The van der Waals surface area contributed by atoms with Gasteiger partial charge in [-0.15, -0.1) is 0 Å². The van der Waals surface area contributed by atoms with Crippen LogP contribution in [0.1, 0.15) is 46.5 Å². The van der Waals surface area contributed by atoms with Crippen LogP contribution in [0.2, 0.25) is 0 Å². The van der Waals surface area contributed by atoms with E-state index in [0.717, 1.165) is 18.9 Å². The zero-order valence-corrected chi connectivity index (χ0v) is 9.92.